The normalized spacial score (nSPS) is 15.0. The van der Waals surface area contributed by atoms with E-state index in [1.165, 1.54) is 24.3 Å². The fourth-order valence-electron chi connectivity index (χ4n) is 5.57. The third-order valence-electron chi connectivity index (χ3n) is 9.67. The van der Waals surface area contributed by atoms with Crippen molar-refractivity contribution in [2.24, 2.45) is 34.0 Å². The molecule has 63 heavy (non-hydrogen) atoms. The number of nitrogens with one attached hydrogen (secondary N) is 6. The number of hydrogen-bond donors (Lipinski definition) is 14. The largest absolute Gasteiger partial charge is 0.524 e. The number of aliphatic carboxylic acids is 2. The Balaban J connectivity index is 3.43. The number of carboxylic acid groups (broad SMARTS) is 2. The number of carbonyl (C=O) groups excluding carboxylic acids is 6. The van der Waals surface area contributed by atoms with Crippen LogP contribution in [0.3, 0.4) is 0 Å². The van der Waals surface area contributed by atoms with E-state index in [9.17, 15) is 58.2 Å². The maximum absolute atomic E-state index is 14.1. The number of rotatable bonds is 29. The molecule has 1 aromatic carbocycles. The number of aliphatic hydroxyl groups is 1. The lowest BCUT2D eigenvalue weighted by Crippen LogP contribution is -2.61. The van der Waals surface area contributed by atoms with Crippen molar-refractivity contribution in [3.8, 4) is 5.75 Å². The standard InChI is InChI=1S/C37H61N10O15P/c1-5-19(3)29(38)34(55)42-17-27(49)43-26(18-48)33(54)46-25(16-21-9-11-22(12-10-21)62-63(59,60)61)32(53)47-30(20(4)6-2)35(56)44-23(13-14-28(50)51)31(52)45-24(36(57)58)8-7-15-41-37(39)40/h9-12,19-20,23-26,29-30,48H,5-8,13-18,38H2,1-4H3,(H,42,55)(H,43,49)(H,44,56)(H,45,52)(H,46,54)(H,47,53)(H,50,51)(H,57,58)(H4,39,40,41)(H2,59,60,61)/t19-,20-,23-,24-,25-,26-,29-,30-/m0/s1. The summed E-state index contributed by atoms with van der Waals surface area (Å²) in [7, 11) is -4.94. The minimum Gasteiger partial charge on any atom is -0.481 e. The first-order chi connectivity index (χ1) is 29.4. The minimum atomic E-state index is -4.94. The van der Waals surface area contributed by atoms with E-state index in [0.717, 1.165) is 0 Å². The summed E-state index contributed by atoms with van der Waals surface area (Å²) in [6.45, 7) is 5.24. The highest BCUT2D eigenvalue weighted by atomic mass is 31.2. The van der Waals surface area contributed by atoms with Crippen LogP contribution in [-0.2, 0) is 49.3 Å². The molecule has 0 saturated heterocycles. The summed E-state index contributed by atoms with van der Waals surface area (Å²) in [5, 5.41) is 43.3. The van der Waals surface area contributed by atoms with Gasteiger partial charge in [0.1, 0.15) is 36.0 Å². The SMILES string of the molecule is CC[C@H](C)[C@H](N)C(=O)NCC(=O)N[C@@H](CO)C(=O)N[C@@H](Cc1ccc(OP(=O)(O)O)cc1)C(=O)N[C@H](C(=O)N[C@@H](CCC(=O)O)C(=O)N[C@@H](CCCN=C(N)N)C(=O)O)[C@@H](C)CC. The van der Waals surface area contributed by atoms with Crippen LogP contribution in [0.25, 0.3) is 0 Å². The average Bonchev–Trinajstić information content (AvgIpc) is 3.21. The van der Waals surface area contributed by atoms with Gasteiger partial charge in [0.2, 0.25) is 35.4 Å². The number of carboxylic acids is 2. The van der Waals surface area contributed by atoms with E-state index in [-0.39, 0.29) is 55.4 Å². The van der Waals surface area contributed by atoms with Crippen LogP contribution in [0, 0.1) is 11.8 Å². The van der Waals surface area contributed by atoms with E-state index in [1.807, 2.05) is 6.92 Å². The molecule has 0 heterocycles. The molecule has 0 aliphatic rings. The Bertz CT molecular complexity index is 1810. The highest BCUT2D eigenvalue weighted by molar-refractivity contribution is 7.46. The van der Waals surface area contributed by atoms with Gasteiger partial charge in [0.05, 0.1) is 19.2 Å². The Morgan fingerprint density at radius 2 is 1.30 bits per heavy atom. The number of aliphatic hydroxyl groups excluding tert-OH is 1. The van der Waals surface area contributed by atoms with Gasteiger partial charge >= 0.3 is 19.8 Å². The number of amides is 6. The van der Waals surface area contributed by atoms with Gasteiger partial charge in [-0.25, -0.2) is 9.36 Å². The van der Waals surface area contributed by atoms with Gasteiger partial charge in [0.25, 0.3) is 0 Å². The van der Waals surface area contributed by atoms with E-state index < -0.39 is 123 Å². The Hall–Kier alpha value is -5.88. The maximum atomic E-state index is 14.1. The van der Waals surface area contributed by atoms with Gasteiger partial charge in [-0.3, -0.25) is 48.3 Å². The second-order valence-corrected chi connectivity index (χ2v) is 15.8. The molecule has 25 nitrogen and oxygen atoms in total. The molecule has 1 aromatic rings. The first kappa shape index (κ1) is 55.1. The van der Waals surface area contributed by atoms with E-state index in [1.54, 1.807) is 20.8 Å². The van der Waals surface area contributed by atoms with Crippen LogP contribution >= 0.6 is 7.82 Å². The lowest BCUT2D eigenvalue weighted by molar-refractivity contribution is -0.143. The van der Waals surface area contributed by atoms with E-state index in [0.29, 0.717) is 6.42 Å². The van der Waals surface area contributed by atoms with Gasteiger partial charge in [-0.2, -0.15) is 0 Å². The smallest absolute Gasteiger partial charge is 0.481 e. The Morgan fingerprint density at radius 3 is 1.83 bits per heavy atom. The van der Waals surface area contributed by atoms with Gasteiger partial charge in [-0.1, -0.05) is 52.7 Å². The molecule has 17 N–H and O–H groups in total. The molecule has 0 fully saturated rings. The third-order valence-corrected chi connectivity index (χ3v) is 10.1. The predicted octanol–water partition coefficient (Wildman–Crippen LogP) is -3.34. The maximum Gasteiger partial charge on any atom is 0.524 e. The first-order valence-corrected chi connectivity index (χ1v) is 21.4. The molecule has 0 bridgehead atoms. The number of benzene rings is 1. The van der Waals surface area contributed by atoms with Crippen molar-refractivity contribution in [3.63, 3.8) is 0 Å². The molecule has 1 rings (SSSR count). The van der Waals surface area contributed by atoms with Gasteiger partial charge < -0.3 is 68.9 Å². The number of phosphoric acid groups is 1. The van der Waals surface area contributed by atoms with Gasteiger partial charge in [-0.05, 0) is 48.8 Å². The van der Waals surface area contributed by atoms with Crippen LogP contribution in [-0.4, -0.2) is 134 Å². The fraction of sp³-hybridized carbons (Fsp3) is 0.595. The van der Waals surface area contributed by atoms with Crippen LogP contribution in [0.15, 0.2) is 29.3 Å². The van der Waals surface area contributed by atoms with Crippen molar-refractivity contribution >= 4 is 61.2 Å². The first-order valence-electron chi connectivity index (χ1n) is 19.9. The summed E-state index contributed by atoms with van der Waals surface area (Å²) in [5.41, 5.74) is 16.7. The molecule has 0 aliphatic heterocycles. The zero-order valence-corrected chi connectivity index (χ0v) is 36.3. The zero-order chi connectivity index (χ0) is 48.0. The molecule has 26 heteroatoms. The molecule has 0 aromatic heterocycles. The second kappa shape index (κ2) is 27.2. The summed E-state index contributed by atoms with van der Waals surface area (Å²) >= 11 is 0. The lowest BCUT2D eigenvalue weighted by Gasteiger charge is -2.29. The van der Waals surface area contributed by atoms with Crippen molar-refractivity contribution < 1.29 is 72.6 Å². The number of nitrogens with zero attached hydrogens (tertiary/aromatic N) is 1. The Kier molecular flexibility index (Phi) is 23.8. The number of carbonyl (C=O) groups is 8. The molecular weight excluding hydrogens is 855 g/mol. The summed E-state index contributed by atoms with van der Waals surface area (Å²) in [5.74, 6) is -9.79. The summed E-state index contributed by atoms with van der Waals surface area (Å²) in [4.78, 5) is 125. The van der Waals surface area contributed by atoms with E-state index >= 15 is 0 Å². The van der Waals surface area contributed by atoms with Gasteiger partial charge in [-0.15, -0.1) is 0 Å². The Morgan fingerprint density at radius 1 is 0.746 bits per heavy atom. The van der Waals surface area contributed by atoms with Crippen molar-refractivity contribution in [2.45, 2.75) is 109 Å². The molecule has 0 aliphatic carbocycles. The van der Waals surface area contributed by atoms with Crippen molar-refractivity contribution in [1.82, 2.24) is 31.9 Å². The fourth-order valence-corrected chi connectivity index (χ4v) is 5.96. The van der Waals surface area contributed by atoms with Crippen LogP contribution in [0.5, 0.6) is 5.75 Å². The molecule has 0 saturated carbocycles. The number of hydrogen-bond acceptors (Lipinski definition) is 13. The van der Waals surface area contributed by atoms with Gasteiger partial charge in [0, 0.05) is 19.4 Å². The van der Waals surface area contributed by atoms with Crippen LogP contribution < -0.4 is 53.6 Å². The molecule has 0 unspecified atom stereocenters. The highest BCUT2D eigenvalue weighted by Crippen LogP contribution is 2.37. The third kappa shape index (κ3) is 21.2. The van der Waals surface area contributed by atoms with Crippen molar-refractivity contribution in [1.29, 1.82) is 0 Å². The number of nitrogens with two attached hydrogens (primary N) is 3. The molecule has 0 radical (unpaired) electrons. The second-order valence-electron chi connectivity index (χ2n) is 14.6. The summed E-state index contributed by atoms with van der Waals surface area (Å²) < 4.78 is 15.9. The molecule has 6 amide bonds. The van der Waals surface area contributed by atoms with Gasteiger partial charge in [0.15, 0.2) is 5.96 Å². The number of guanidine groups is 1. The van der Waals surface area contributed by atoms with E-state index in [2.05, 4.69) is 41.4 Å². The minimum absolute atomic E-state index is 0.0401. The summed E-state index contributed by atoms with van der Waals surface area (Å²) in [6, 6.07) is -3.78. The highest BCUT2D eigenvalue weighted by Gasteiger charge is 2.35. The Labute approximate surface area is 363 Å². The molecule has 0 spiro atoms. The predicted molar refractivity (Wildman–Crippen MR) is 224 cm³/mol. The van der Waals surface area contributed by atoms with Crippen LogP contribution in [0.2, 0.25) is 0 Å². The van der Waals surface area contributed by atoms with Crippen LogP contribution in [0.4, 0.5) is 0 Å². The van der Waals surface area contributed by atoms with Crippen molar-refractivity contribution in [3.05, 3.63) is 29.8 Å². The lowest BCUT2D eigenvalue weighted by atomic mass is 9.96. The number of phosphoric ester groups is 1. The topological polar surface area (TPSA) is 427 Å². The van der Waals surface area contributed by atoms with Crippen molar-refractivity contribution in [2.75, 3.05) is 19.7 Å². The van der Waals surface area contributed by atoms with E-state index in [4.69, 9.17) is 27.0 Å². The zero-order valence-electron chi connectivity index (χ0n) is 35.4. The average molecular weight is 917 g/mol. The summed E-state index contributed by atoms with van der Waals surface area (Å²) in [6.07, 6.45) is -0.659. The number of aliphatic imine (C=N–C) groups is 1. The quantitative estimate of drug-likeness (QED) is 0.0162. The molecule has 354 valence electrons. The molecular formula is C37H61N10O15P. The van der Waals surface area contributed by atoms with Crippen LogP contribution in [0.1, 0.15) is 71.8 Å². The molecule has 8 atom stereocenters. The monoisotopic (exact) mass is 916 g/mol.